The van der Waals surface area contributed by atoms with Gasteiger partial charge in [0.2, 0.25) is 0 Å². The van der Waals surface area contributed by atoms with Crippen LogP contribution in [-0.4, -0.2) is 21.7 Å². The number of fused-ring (bicyclic) bond motifs is 2. The molecule has 0 fully saturated rings. The highest BCUT2D eigenvalue weighted by atomic mass is 16.2. The second kappa shape index (κ2) is 5.94. The number of nitrogens with zero attached hydrogens (tertiary/aromatic N) is 2. The molecule has 1 amide bonds. The Balaban J connectivity index is 1.61. The van der Waals surface area contributed by atoms with Gasteiger partial charge in [-0.15, -0.1) is 0 Å². The molecular formula is C20H18N4O. The zero-order valence-corrected chi connectivity index (χ0v) is 14.1. The Morgan fingerprint density at radius 2 is 1.84 bits per heavy atom. The van der Waals surface area contributed by atoms with Crippen molar-refractivity contribution in [2.24, 2.45) is 12.1 Å². The van der Waals surface area contributed by atoms with E-state index in [1.807, 2.05) is 73.3 Å². The van der Waals surface area contributed by atoms with Gasteiger partial charge in [-0.05, 0) is 19.1 Å². The summed E-state index contributed by atoms with van der Waals surface area (Å²) in [6, 6.07) is 15.9. The number of hydrogen-bond donors (Lipinski definition) is 2. The summed E-state index contributed by atoms with van der Waals surface area (Å²) < 4.78 is 1.94. The van der Waals surface area contributed by atoms with Gasteiger partial charge in [0.15, 0.2) is 0 Å². The maximum Gasteiger partial charge on any atom is 0.273 e. The molecule has 2 N–H and O–H groups in total. The van der Waals surface area contributed by atoms with E-state index in [1.165, 1.54) is 0 Å². The maximum atomic E-state index is 12.5. The number of hydrazone groups is 1. The fourth-order valence-electron chi connectivity index (χ4n) is 3.20. The number of carbonyl (C=O) groups excluding carboxylic acids is 1. The summed E-state index contributed by atoms with van der Waals surface area (Å²) in [7, 11) is 1.93. The van der Waals surface area contributed by atoms with E-state index in [0.29, 0.717) is 5.56 Å². The van der Waals surface area contributed by atoms with Gasteiger partial charge in [-0.25, -0.2) is 5.43 Å². The monoisotopic (exact) mass is 330 g/mol. The zero-order chi connectivity index (χ0) is 17.4. The first-order chi connectivity index (χ1) is 12.1. The third-order valence-corrected chi connectivity index (χ3v) is 4.44. The van der Waals surface area contributed by atoms with Gasteiger partial charge in [0.05, 0.1) is 11.8 Å². The number of H-pyrrole nitrogens is 1. The van der Waals surface area contributed by atoms with E-state index < -0.39 is 0 Å². The maximum absolute atomic E-state index is 12.5. The molecule has 2 heterocycles. The lowest BCUT2D eigenvalue weighted by molar-refractivity contribution is 0.0956. The topological polar surface area (TPSA) is 62.2 Å². The molecule has 0 saturated heterocycles. The minimum Gasteiger partial charge on any atom is -0.358 e. The zero-order valence-electron chi connectivity index (χ0n) is 14.1. The van der Waals surface area contributed by atoms with Crippen molar-refractivity contribution < 1.29 is 4.79 Å². The van der Waals surface area contributed by atoms with Crippen LogP contribution in [0.4, 0.5) is 0 Å². The van der Waals surface area contributed by atoms with Crippen LogP contribution in [0.3, 0.4) is 0 Å². The van der Waals surface area contributed by atoms with E-state index in [0.717, 1.165) is 33.1 Å². The Hall–Kier alpha value is -3.34. The van der Waals surface area contributed by atoms with Gasteiger partial charge in [-0.1, -0.05) is 36.4 Å². The fraction of sp³-hybridized carbons (Fsp3) is 0.100. The highest BCUT2D eigenvalue weighted by molar-refractivity contribution is 6.07. The summed E-state index contributed by atoms with van der Waals surface area (Å²) in [5, 5.41) is 6.17. The number of hydrogen-bond acceptors (Lipinski definition) is 2. The third kappa shape index (κ3) is 2.59. The molecule has 0 radical (unpaired) electrons. The van der Waals surface area contributed by atoms with E-state index in [9.17, 15) is 4.79 Å². The molecule has 0 spiro atoms. The second-order valence-electron chi connectivity index (χ2n) is 6.08. The normalized spacial score (nSPS) is 11.6. The van der Waals surface area contributed by atoms with Crippen LogP contribution in [0.2, 0.25) is 0 Å². The first kappa shape index (κ1) is 15.2. The Morgan fingerprint density at radius 3 is 2.68 bits per heavy atom. The lowest BCUT2D eigenvalue weighted by Crippen LogP contribution is -2.17. The SMILES string of the molecule is Cc1[nH]c2ccccc2c1C=NNC(=O)c1cn(C)c2ccccc12. The van der Waals surface area contributed by atoms with Crippen molar-refractivity contribution >= 4 is 33.9 Å². The predicted molar refractivity (Wildman–Crippen MR) is 101 cm³/mol. The van der Waals surface area contributed by atoms with E-state index in [1.54, 1.807) is 6.21 Å². The largest absolute Gasteiger partial charge is 0.358 e. The van der Waals surface area contributed by atoms with Crippen molar-refractivity contribution in [3.8, 4) is 0 Å². The number of benzene rings is 2. The van der Waals surface area contributed by atoms with E-state index in [-0.39, 0.29) is 5.91 Å². The smallest absolute Gasteiger partial charge is 0.273 e. The van der Waals surface area contributed by atoms with Crippen molar-refractivity contribution in [2.75, 3.05) is 0 Å². The van der Waals surface area contributed by atoms with Crippen LogP contribution < -0.4 is 5.43 Å². The number of carbonyl (C=O) groups is 1. The summed E-state index contributed by atoms with van der Waals surface area (Å²) in [4.78, 5) is 15.8. The highest BCUT2D eigenvalue weighted by Gasteiger charge is 2.13. The standard InChI is InChI=1S/C20H18N4O/c1-13-16(14-7-3-5-9-18(14)22-13)11-21-23-20(25)17-12-24(2)19-10-6-4-8-15(17)19/h3-12,22H,1-2H3,(H,23,25). The van der Waals surface area contributed by atoms with Crippen LogP contribution >= 0.6 is 0 Å². The average Bonchev–Trinajstić information content (AvgIpc) is 3.13. The Morgan fingerprint density at radius 1 is 1.12 bits per heavy atom. The van der Waals surface area contributed by atoms with E-state index in [2.05, 4.69) is 15.5 Å². The summed E-state index contributed by atoms with van der Waals surface area (Å²) >= 11 is 0. The number of aromatic nitrogens is 2. The Kier molecular flexibility index (Phi) is 3.61. The van der Waals surface area contributed by atoms with Crippen LogP contribution in [0.1, 0.15) is 21.6 Å². The minimum absolute atomic E-state index is 0.217. The molecule has 0 atom stereocenters. The van der Waals surface area contributed by atoms with Gasteiger partial charge in [-0.3, -0.25) is 4.79 Å². The highest BCUT2D eigenvalue weighted by Crippen LogP contribution is 2.21. The van der Waals surface area contributed by atoms with Gasteiger partial charge in [0.25, 0.3) is 5.91 Å². The molecule has 5 nitrogen and oxygen atoms in total. The summed E-state index contributed by atoms with van der Waals surface area (Å²) in [5.74, 6) is -0.217. The molecule has 4 rings (SSSR count). The number of rotatable bonds is 3. The molecule has 124 valence electrons. The van der Waals surface area contributed by atoms with Crippen molar-refractivity contribution in [3.63, 3.8) is 0 Å². The van der Waals surface area contributed by atoms with Crippen molar-refractivity contribution in [1.82, 2.24) is 15.0 Å². The number of para-hydroxylation sites is 2. The van der Waals surface area contributed by atoms with Crippen molar-refractivity contribution in [2.45, 2.75) is 6.92 Å². The lowest BCUT2D eigenvalue weighted by atomic mass is 10.1. The van der Waals surface area contributed by atoms with Gasteiger partial charge in [0, 0.05) is 46.3 Å². The molecule has 0 unspecified atom stereocenters. The van der Waals surface area contributed by atoms with Gasteiger partial charge >= 0.3 is 0 Å². The van der Waals surface area contributed by atoms with E-state index in [4.69, 9.17) is 0 Å². The third-order valence-electron chi connectivity index (χ3n) is 4.44. The number of nitrogens with one attached hydrogen (secondary N) is 2. The molecule has 2 aromatic heterocycles. The molecule has 0 saturated carbocycles. The molecule has 2 aromatic carbocycles. The summed E-state index contributed by atoms with van der Waals surface area (Å²) in [6.45, 7) is 1.99. The molecule has 0 aliphatic heterocycles. The lowest BCUT2D eigenvalue weighted by Gasteiger charge is -1.98. The van der Waals surface area contributed by atoms with E-state index >= 15 is 0 Å². The number of aryl methyl sites for hydroxylation is 2. The van der Waals surface area contributed by atoms with Gasteiger partial charge in [-0.2, -0.15) is 5.10 Å². The van der Waals surface area contributed by atoms with Crippen LogP contribution in [0, 0.1) is 6.92 Å². The van der Waals surface area contributed by atoms with Crippen LogP contribution in [0.15, 0.2) is 59.8 Å². The molecule has 25 heavy (non-hydrogen) atoms. The first-order valence-corrected chi connectivity index (χ1v) is 8.10. The first-order valence-electron chi connectivity index (χ1n) is 8.10. The Labute approximate surface area is 145 Å². The molecule has 5 heteroatoms. The summed E-state index contributed by atoms with van der Waals surface area (Å²) in [6.07, 6.45) is 3.52. The Bertz CT molecular complexity index is 1120. The van der Waals surface area contributed by atoms with Crippen LogP contribution in [-0.2, 0) is 7.05 Å². The molecule has 0 aliphatic rings. The fourth-order valence-corrected chi connectivity index (χ4v) is 3.20. The average molecular weight is 330 g/mol. The van der Waals surface area contributed by atoms with Crippen LogP contribution in [0.5, 0.6) is 0 Å². The van der Waals surface area contributed by atoms with Gasteiger partial charge < -0.3 is 9.55 Å². The quantitative estimate of drug-likeness (QED) is 0.436. The molecule has 0 aliphatic carbocycles. The van der Waals surface area contributed by atoms with Crippen molar-refractivity contribution in [3.05, 3.63) is 71.5 Å². The van der Waals surface area contributed by atoms with Crippen LogP contribution in [0.25, 0.3) is 21.8 Å². The molecule has 0 bridgehead atoms. The molecule has 4 aromatic rings. The predicted octanol–water partition coefficient (Wildman–Crippen LogP) is 3.73. The minimum atomic E-state index is -0.217. The summed E-state index contributed by atoms with van der Waals surface area (Å²) in [5.41, 5.74) is 7.33. The van der Waals surface area contributed by atoms with Crippen molar-refractivity contribution in [1.29, 1.82) is 0 Å². The number of aromatic amines is 1. The van der Waals surface area contributed by atoms with Gasteiger partial charge in [0.1, 0.15) is 0 Å². The second-order valence-corrected chi connectivity index (χ2v) is 6.08. The number of amides is 1. The molecular weight excluding hydrogens is 312 g/mol.